The van der Waals surface area contributed by atoms with Gasteiger partial charge in [-0.1, -0.05) is 18.2 Å². The van der Waals surface area contributed by atoms with Crippen LogP contribution in [0.3, 0.4) is 0 Å². The molecule has 7 heteroatoms. The Morgan fingerprint density at radius 2 is 0.939 bits per heavy atom. The van der Waals surface area contributed by atoms with Crippen LogP contribution in [0.2, 0.25) is 0 Å². The van der Waals surface area contributed by atoms with Crippen LogP contribution in [0.5, 0.6) is 11.5 Å². The Bertz CT molecular complexity index is 1920. The number of rotatable bonds is 15. The van der Waals surface area contributed by atoms with Crippen molar-refractivity contribution in [2.75, 3.05) is 19.4 Å². The zero-order valence-corrected chi connectivity index (χ0v) is 29.3. The number of hydrogen-bond acceptors (Lipinski definition) is 5. The molecule has 0 aliphatic carbocycles. The van der Waals surface area contributed by atoms with E-state index in [1.54, 1.807) is 24.3 Å². The molecule has 0 heterocycles. The Labute approximate surface area is 290 Å². The van der Waals surface area contributed by atoms with E-state index in [-0.39, 0.29) is 4.90 Å². The SMILES string of the molecule is Cc1ccc(S(=O)(=O)OP(CCc2ccc(OCCCOc3ccccc3)cc2)(c2ccccc2)(c2ccccc2)c2ccccc2)cc1. The zero-order valence-electron chi connectivity index (χ0n) is 27.6. The monoisotopic (exact) mass is 688 g/mol. The number of hydrogen-bond donors (Lipinski definition) is 0. The van der Waals surface area contributed by atoms with E-state index in [9.17, 15) is 8.42 Å². The average Bonchev–Trinajstić information content (AvgIpc) is 3.15. The second-order valence-electron chi connectivity index (χ2n) is 12.0. The van der Waals surface area contributed by atoms with Gasteiger partial charge in [-0.15, -0.1) is 0 Å². The van der Waals surface area contributed by atoms with Crippen molar-refractivity contribution in [1.82, 2.24) is 0 Å². The van der Waals surface area contributed by atoms with Crippen LogP contribution in [0.15, 0.2) is 175 Å². The predicted octanol–water partition coefficient (Wildman–Crippen LogP) is 8.24. The Hall–Kier alpha value is -4.74. The molecule has 0 fully saturated rings. The average molecular weight is 689 g/mol. The molecule has 49 heavy (non-hydrogen) atoms. The second kappa shape index (κ2) is 15.2. The molecule has 0 radical (unpaired) electrons. The van der Waals surface area contributed by atoms with Crippen molar-refractivity contribution in [2.45, 2.75) is 24.7 Å². The van der Waals surface area contributed by atoms with Crippen molar-refractivity contribution in [2.24, 2.45) is 0 Å². The summed E-state index contributed by atoms with van der Waals surface area (Å²) in [6.07, 6.45) is 1.74. The first-order chi connectivity index (χ1) is 23.9. The fourth-order valence-corrected chi connectivity index (χ4v) is 14.9. The molecular formula is C42H41O5PS. The Kier molecular flexibility index (Phi) is 10.6. The van der Waals surface area contributed by atoms with Gasteiger partial charge in [0.2, 0.25) is 0 Å². The number of benzene rings is 6. The van der Waals surface area contributed by atoms with E-state index in [0.717, 1.165) is 45.0 Å². The molecule has 0 spiro atoms. The van der Waals surface area contributed by atoms with Gasteiger partial charge in [0.15, 0.2) is 0 Å². The summed E-state index contributed by atoms with van der Waals surface area (Å²) in [5, 5.41) is 2.54. The number of aryl methyl sites for hydroxylation is 2. The van der Waals surface area contributed by atoms with E-state index in [1.165, 1.54) is 0 Å². The van der Waals surface area contributed by atoms with Crippen molar-refractivity contribution >= 4 is 32.9 Å². The van der Waals surface area contributed by atoms with E-state index in [1.807, 2.05) is 140 Å². The van der Waals surface area contributed by atoms with Crippen LogP contribution in [0.1, 0.15) is 17.5 Å². The van der Waals surface area contributed by atoms with Crippen molar-refractivity contribution < 1.29 is 21.9 Å². The van der Waals surface area contributed by atoms with Gasteiger partial charge in [-0.2, -0.15) is 0 Å². The number of ether oxygens (including phenoxy) is 2. The van der Waals surface area contributed by atoms with Gasteiger partial charge in [-0.3, -0.25) is 0 Å². The third-order valence-corrected chi connectivity index (χ3v) is 17.0. The number of para-hydroxylation sites is 1. The van der Waals surface area contributed by atoms with Gasteiger partial charge < -0.3 is 0 Å². The van der Waals surface area contributed by atoms with Gasteiger partial charge in [-0.25, -0.2) is 0 Å². The molecule has 0 atom stereocenters. The van der Waals surface area contributed by atoms with Crippen LogP contribution in [-0.2, 0) is 20.5 Å². The fourth-order valence-electron chi connectivity index (χ4n) is 6.25. The van der Waals surface area contributed by atoms with Gasteiger partial charge in [0.1, 0.15) is 0 Å². The summed E-state index contributed by atoms with van der Waals surface area (Å²) in [4.78, 5) is 0.130. The van der Waals surface area contributed by atoms with E-state index in [2.05, 4.69) is 12.1 Å². The quantitative estimate of drug-likeness (QED) is 0.0804. The van der Waals surface area contributed by atoms with Gasteiger partial charge in [0.05, 0.1) is 0 Å². The molecule has 0 bridgehead atoms. The van der Waals surface area contributed by atoms with Crippen molar-refractivity contribution in [3.63, 3.8) is 0 Å². The summed E-state index contributed by atoms with van der Waals surface area (Å²) < 4.78 is 47.9. The van der Waals surface area contributed by atoms with Crippen LogP contribution in [-0.4, -0.2) is 27.8 Å². The summed E-state index contributed by atoms with van der Waals surface area (Å²) in [6.45, 7) is -1.19. The Morgan fingerprint density at radius 3 is 1.41 bits per heavy atom. The first-order valence-electron chi connectivity index (χ1n) is 16.5. The normalized spacial score (nSPS) is 12.5. The van der Waals surface area contributed by atoms with E-state index in [0.29, 0.717) is 25.8 Å². The van der Waals surface area contributed by atoms with Crippen molar-refractivity contribution in [1.29, 1.82) is 0 Å². The second-order valence-corrected chi connectivity index (χ2v) is 18.4. The van der Waals surface area contributed by atoms with Gasteiger partial charge in [0.25, 0.3) is 0 Å². The maximum atomic E-state index is 14.6. The minimum absolute atomic E-state index is 0.130. The van der Waals surface area contributed by atoms with Crippen LogP contribution in [0.25, 0.3) is 0 Å². The minimum atomic E-state index is -4.25. The van der Waals surface area contributed by atoms with E-state index >= 15 is 0 Å². The van der Waals surface area contributed by atoms with E-state index in [4.69, 9.17) is 13.4 Å². The predicted molar refractivity (Wildman–Crippen MR) is 202 cm³/mol. The molecular weight excluding hydrogens is 647 g/mol. The molecule has 0 aromatic heterocycles. The first kappa shape index (κ1) is 34.1. The molecule has 250 valence electrons. The van der Waals surface area contributed by atoms with Crippen LogP contribution in [0, 0.1) is 6.92 Å². The summed E-state index contributed by atoms with van der Waals surface area (Å²) in [7, 11) is -4.25. The summed E-state index contributed by atoms with van der Waals surface area (Å²) in [5.74, 6) is 1.62. The fraction of sp³-hybridized carbons (Fsp3) is 0.143. The van der Waals surface area contributed by atoms with Crippen molar-refractivity contribution in [3.05, 3.63) is 181 Å². The van der Waals surface area contributed by atoms with Crippen LogP contribution in [0.4, 0.5) is 0 Å². The molecule has 0 amide bonds. The zero-order chi connectivity index (χ0) is 34.0. The van der Waals surface area contributed by atoms with E-state index < -0.39 is 16.9 Å². The van der Waals surface area contributed by atoms with Crippen LogP contribution < -0.4 is 25.4 Å². The molecule has 0 aliphatic heterocycles. The molecule has 5 nitrogen and oxygen atoms in total. The standard InChI is InChI=1S/C42H41O5PS/c1-35-23-29-42(30-24-35)49(43,44)47-48(39-17-8-3-9-18-39,40-19-10-4-11-20-40,41-21-12-5-13-22-41)34-31-36-25-27-38(28-26-36)46-33-14-32-45-37-15-6-2-7-16-37/h2-13,15-30H,14,31-34H2,1H3. The topological polar surface area (TPSA) is 61.8 Å². The summed E-state index contributed by atoms with van der Waals surface area (Å²) >= 11 is 0. The molecule has 0 aliphatic rings. The molecule has 6 aromatic rings. The van der Waals surface area contributed by atoms with Gasteiger partial charge in [-0.05, 0) is 12.1 Å². The molecule has 0 N–H and O–H groups in total. The Balaban J connectivity index is 1.36. The molecule has 0 saturated heterocycles. The van der Waals surface area contributed by atoms with Crippen molar-refractivity contribution in [3.8, 4) is 11.5 Å². The molecule has 0 saturated carbocycles. The third-order valence-electron chi connectivity index (χ3n) is 8.80. The van der Waals surface area contributed by atoms with Crippen LogP contribution >= 0.6 is 6.83 Å². The third kappa shape index (κ3) is 7.47. The van der Waals surface area contributed by atoms with Gasteiger partial charge in [0, 0.05) is 0 Å². The Morgan fingerprint density at radius 1 is 0.510 bits per heavy atom. The summed E-state index contributed by atoms with van der Waals surface area (Å²) in [6, 6.07) is 54.4. The first-order valence-corrected chi connectivity index (χ1v) is 20.2. The molecule has 0 unspecified atom stereocenters. The molecule has 6 rings (SSSR count). The van der Waals surface area contributed by atoms with Gasteiger partial charge >= 0.3 is 261 Å². The summed E-state index contributed by atoms with van der Waals surface area (Å²) in [5.41, 5.74) is 2.02. The maximum absolute atomic E-state index is 14.6. The molecule has 6 aromatic carbocycles.